The Bertz CT molecular complexity index is 355. The molecule has 6 heteroatoms. The van der Waals surface area contributed by atoms with Gasteiger partial charge in [0.2, 0.25) is 10.0 Å². The highest BCUT2D eigenvalue weighted by molar-refractivity contribution is 9.10. The summed E-state index contributed by atoms with van der Waals surface area (Å²) in [7, 11) is -3.16. The Labute approximate surface area is 86.0 Å². The minimum absolute atomic E-state index is 0.0598. The predicted molar refractivity (Wildman–Crippen MR) is 52.6 cm³/mol. The van der Waals surface area contributed by atoms with Crippen LogP contribution in [-0.4, -0.2) is 30.5 Å². The van der Waals surface area contributed by atoms with Crippen LogP contribution >= 0.6 is 15.9 Å². The number of alkyl halides is 1. The highest BCUT2D eigenvalue weighted by atomic mass is 79.9. The number of nitriles is 1. The highest BCUT2D eigenvalue weighted by Gasteiger charge is 2.22. The maximum atomic E-state index is 11.3. The second-order valence-electron chi connectivity index (χ2n) is 2.67. The maximum absolute atomic E-state index is 11.3. The van der Waals surface area contributed by atoms with Crippen molar-refractivity contribution in [2.75, 3.05) is 17.8 Å². The Morgan fingerprint density at radius 3 is 2.77 bits per heavy atom. The summed E-state index contributed by atoms with van der Waals surface area (Å²) < 4.78 is 23.9. The zero-order valence-corrected chi connectivity index (χ0v) is 9.31. The van der Waals surface area contributed by atoms with Gasteiger partial charge in [0.1, 0.15) is 4.66 Å². The Morgan fingerprint density at radius 1 is 1.69 bits per heavy atom. The Kier molecular flexibility index (Phi) is 3.47. The average molecular weight is 265 g/mol. The zero-order valence-electron chi connectivity index (χ0n) is 6.90. The van der Waals surface area contributed by atoms with Crippen molar-refractivity contribution >= 4 is 26.0 Å². The number of nitrogens with zero attached hydrogens (tertiary/aromatic N) is 2. The molecule has 0 bridgehead atoms. The SMILES string of the molecule is N#CC1=CCN(S(=O)(=O)CBr)CC1. The molecule has 0 amide bonds. The predicted octanol–water partition coefficient (Wildman–Crippen LogP) is 0.824. The summed E-state index contributed by atoms with van der Waals surface area (Å²) in [4.78, 5) is 0. The van der Waals surface area contributed by atoms with Gasteiger partial charge in [0.15, 0.2) is 0 Å². The molecular formula is C7H9BrN2O2S. The van der Waals surface area contributed by atoms with Gasteiger partial charge in [0.25, 0.3) is 0 Å². The molecular weight excluding hydrogens is 256 g/mol. The van der Waals surface area contributed by atoms with Crippen LogP contribution in [0.3, 0.4) is 0 Å². The molecule has 4 nitrogen and oxygen atoms in total. The van der Waals surface area contributed by atoms with E-state index < -0.39 is 10.0 Å². The van der Waals surface area contributed by atoms with E-state index in [2.05, 4.69) is 15.9 Å². The van der Waals surface area contributed by atoms with Gasteiger partial charge in [0, 0.05) is 18.7 Å². The van der Waals surface area contributed by atoms with Crippen molar-refractivity contribution in [3.63, 3.8) is 0 Å². The van der Waals surface area contributed by atoms with Gasteiger partial charge in [0.05, 0.1) is 6.07 Å². The molecule has 0 radical (unpaired) electrons. The first-order valence-corrected chi connectivity index (χ1v) is 6.46. The first kappa shape index (κ1) is 10.7. The van der Waals surface area contributed by atoms with Gasteiger partial charge in [-0.2, -0.15) is 9.57 Å². The van der Waals surface area contributed by atoms with Crippen molar-refractivity contribution in [2.45, 2.75) is 6.42 Å². The summed E-state index contributed by atoms with van der Waals surface area (Å²) in [6.07, 6.45) is 2.17. The Morgan fingerprint density at radius 2 is 2.38 bits per heavy atom. The van der Waals surface area contributed by atoms with E-state index in [4.69, 9.17) is 5.26 Å². The van der Waals surface area contributed by atoms with Crippen LogP contribution in [0, 0.1) is 11.3 Å². The van der Waals surface area contributed by atoms with E-state index in [1.807, 2.05) is 6.07 Å². The molecule has 0 saturated heterocycles. The van der Waals surface area contributed by atoms with Crippen LogP contribution in [0.15, 0.2) is 11.6 Å². The molecule has 13 heavy (non-hydrogen) atoms. The third-order valence-corrected chi connectivity index (χ3v) is 4.98. The fourth-order valence-electron chi connectivity index (χ4n) is 1.07. The molecule has 0 N–H and O–H groups in total. The third kappa shape index (κ3) is 2.53. The molecule has 0 atom stereocenters. The first-order chi connectivity index (χ1) is 6.10. The van der Waals surface area contributed by atoms with Gasteiger partial charge < -0.3 is 0 Å². The molecule has 1 rings (SSSR count). The third-order valence-electron chi connectivity index (χ3n) is 1.85. The summed E-state index contributed by atoms with van der Waals surface area (Å²) in [6, 6.07) is 2.02. The molecule has 0 unspecified atom stereocenters. The van der Waals surface area contributed by atoms with Crippen molar-refractivity contribution in [2.24, 2.45) is 0 Å². The van der Waals surface area contributed by atoms with Gasteiger partial charge in [-0.25, -0.2) is 8.42 Å². The molecule has 0 aromatic carbocycles. The lowest BCUT2D eigenvalue weighted by Crippen LogP contribution is -2.35. The quantitative estimate of drug-likeness (QED) is 0.694. The molecule has 0 aromatic rings. The minimum Gasteiger partial charge on any atom is -0.211 e. The molecule has 0 spiro atoms. The van der Waals surface area contributed by atoms with Crippen molar-refractivity contribution in [1.29, 1.82) is 5.26 Å². The first-order valence-electron chi connectivity index (χ1n) is 3.73. The number of hydrogen-bond acceptors (Lipinski definition) is 3. The second-order valence-corrected chi connectivity index (χ2v) is 5.94. The molecule has 72 valence electrons. The van der Waals surface area contributed by atoms with Crippen LogP contribution in [0.1, 0.15) is 6.42 Å². The van der Waals surface area contributed by atoms with Crippen molar-refractivity contribution in [3.8, 4) is 6.07 Å². The number of hydrogen-bond donors (Lipinski definition) is 0. The molecule has 1 aliphatic rings. The fourth-order valence-corrected chi connectivity index (χ4v) is 2.75. The van der Waals surface area contributed by atoms with E-state index in [0.29, 0.717) is 25.1 Å². The van der Waals surface area contributed by atoms with E-state index in [1.54, 1.807) is 6.08 Å². The van der Waals surface area contributed by atoms with Crippen molar-refractivity contribution in [1.82, 2.24) is 4.31 Å². The van der Waals surface area contributed by atoms with E-state index in [1.165, 1.54) is 4.31 Å². The molecule has 0 aromatic heterocycles. The van der Waals surface area contributed by atoms with Gasteiger partial charge in [-0.3, -0.25) is 0 Å². The minimum atomic E-state index is -3.16. The van der Waals surface area contributed by atoms with Crippen molar-refractivity contribution < 1.29 is 8.42 Å². The van der Waals surface area contributed by atoms with Crippen LogP contribution in [0.5, 0.6) is 0 Å². The number of halogens is 1. The summed E-state index contributed by atoms with van der Waals surface area (Å²) in [6.45, 7) is 0.726. The lowest BCUT2D eigenvalue weighted by molar-refractivity contribution is 0.437. The summed E-state index contributed by atoms with van der Waals surface area (Å²) in [5, 5.41) is 8.54. The average Bonchev–Trinajstić information content (AvgIpc) is 2.18. The standard InChI is InChI=1S/C7H9BrN2O2S/c8-6-13(11,12)10-3-1-7(5-9)2-4-10/h1H,2-4,6H2. The lowest BCUT2D eigenvalue weighted by Gasteiger charge is -2.22. The monoisotopic (exact) mass is 264 g/mol. The summed E-state index contributed by atoms with van der Waals surface area (Å²) in [5.74, 6) is 0. The van der Waals surface area contributed by atoms with Crippen LogP contribution in [-0.2, 0) is 10.0 Å². The second kappa shape index (κ2) is 4.22. The molecule has 0 saturated carbocycles. The molecule has 1 aliphatic heterocycles. The smallest absolute Gasteiger partial charge is 0.211 e. The van der Waals surface area contributed by atoms with E-state index in [9.17, 15) is 8.42 Å². The topological polar surface area (TPSA) is 61.2 Å². The van der Waals surface area contributed by atoms with Crippen LogP contribution < -0.4 is 0 Å². The molecule has 0 aliphatic carbocycles. The zero-order chi connectivity index (χ0) is 9.90. The van der Waals surface area contributed by atoms with Crippen LogP contribution in [0.4, 0.5) is 0 Å². The van der Waals surface area contributed by atoms with E-state index in [0.717, 1.165) is 0 Å². The lowest BCUT2D eigenvalue weighted by atomic mass is 10.1. The Balaban J connectivity index is 2.73. The number of rotatable bonds is 2. The van der Waals surface area contributed by atoms with Gasteiger partial charge >= 0.3 is 0 Å². The largest absolute Gasteiger partial charge is 0.224 e. The molecule has 0 fully saturated rings. The van der Waals surface area contributed by atoms with Gasteiger partial charge in [-0.15, -0.1) is 0 Å². The number of sulfonamides is 1. The summed E-state index contributed by atoms with van der Waals surface area (Å²) in [5.41, 5.74) is 0.668. The van der Waals surface area contributed by atoms with Crippen LogP contribution in [0.25, 0.3) is 0 Å². The maximum Gasteiger partial charge on any atom is 0.224 e. The van der Waals surface area contributed by atoms with E-state index >= 15 is 0 Å². The Hall–Kier alpha value is -0.380. The van der Waals surface area contributed by atoms with E-state index in [-0.39, 0.29) is 4.66 Å². The van der Waals surface area contributed by atoms with Crippen molar-refractivity contribution in [3.05, 3.63) is 11.6 Å². The van der Waals surface area contributed by atoms with Gasteiger partial charge in [-0.05, 0) is 6.42 Å². The summed E-state index contributed by atoms with van der Waals surface area (Å²) >= 11 is 2.92. The highest BCUT2D eigenvalue weighted by Crippen LogP contribution is 2.14. The molecule has 1 heterocycles. The van der Waals surface area contributed by atoms with Crippen LogP contribution in [0.2, 0.25) is 0 Å². The fraction of sp³-hybridized carbons (Fsp3) is 0.571. The normalized spacial score (nSPS) is 19.2. The van der Waals surface area contributed by atoms with Gasteiger partial charge in [-0.1, -0.05) is 22.0 Å².